The van der Waals surface area contributed by atoms with Gasteiger partial charge in [-0.1, -0.05) is 24.3 Å². The number of benzene rings is 3. The van der Waals surface area contributed by atoms with Gasteiger partial charge in [-0.25, -0.2) is 4.79 Å². The van der Waals surface area contributed by atoms with Crippen LogP contribution in [-0.4, -0.2) is 78.6 Å². The zero-order chi connectivity index (χ0) is 31.4. The van der Waals surface area contributed by atoms with Gasteiger partial charge in [0.05, 0.1) is 23.7 Å². The van der Waals surface area contributed by atoms with Crippen molar-refractivity contribution < 1.29 is 32.6 Å². The molecule has 1 saturated heterocycles. The number of alkyl halides is 3. The lowest BCUT2D eigenvalue weighted by Crippen LogP contribution is -2.31. The predicted octanol–water partition coefficient (Wildman–Crippen LogP) is 5.39. The molecule has 3 heterocycles. The van der Waals surface area contributed by atoms with Crippen LogP contribution in [0.3, 0.4) is 0 Å². The normalized spacial score (nSPS) is 22.2. The summed E-state index contributed by atoms with van der Waals surface area (Å²) < 4.78 is 37.2. The number of aliphatic carboxylic acids is 1. The molecule has 3 N–H and O–H groups in total. The van der Waals surface area contributed by atoms with Crippen LogP contribution in [0.5, 0.6) is 5.75 Å². The average molecular weight is 608 g/mol. The maximum atomic E-state index is 13.0. The summed E-state index contributed by atoms with van der Waals surface area (Å²) in [5.74, 6) is -1.75. The van der Waals surface area contributed by atoms with Gasteiger partial charge < -0.3 is 25.0 Å². The Hall–Kier alpha value is -4.58. The van der Waals surface area contributed by atoms with Crippen molar-refractivity contribution in [3.63, 3.8) is 0 Å². The van der Waals surface area contributed by atoms with Gasteiger partial charge in [0.2, 0.25) is 5.91 Å². The van der Waals surface area contributed by atoms with Crippen molar-refractivity contribution in [1.29, 1.82) is 0 Å². The number of hydrogen-bond donors (Lipinski definition) is 3. The lowest BCUT2D eigenvalue weighted by Gasteiger charge is -2.22. The molecular weight excluding hydrogens is 575 g/mol. The lowest BCUT2D eigenvalue weighted by molar-refractivity contribution is -0.192. The van der Waals surface area contributed by atoms with Crippen LogP contribution in [0.4, 0.5) is 24.5 Å². The summed E-state index contributed by atoms with van der Waals surface area (Å²) in [6.07, 6.45) is -3.08. The number of anilines is 2. The molecule has 1 saturated carbocycles. The number of carboxylic acid groups (broad SMARTS) is 1. The number of nitrogens with zero attached hydrogens (tertiary/aromatic N) is 3. The van der Waals surface area contributed by atoms with E-state index < -0.39 is 17.6 Å². The molecule has 0 unspecified atom stereocenters. The number of fused-ring (bicyclic) bond motifs is 3. The molecule has 230 valence electrons. The molecule has 9 nitrogen and oxygen atoms in total. The van der Waals surface area contributed by atoms with E-state index in [-0.39, 0.29) is 11.8 Å². The van der Waals surface area contributed by atoms with Crippen LogP contribution in [0, 0.1) is 0 Å². The predicted molar refractivity (Wildman–Crippen MR) is 160 cm³/mol. The third kappa shape index (κ3) is 5.12. The topological polar surface area (TPSA) is 111 Å². The Morgan fingerprint density at radius 3 is 2.48 bits per heavy atom. The van der Waals surface area contributed by atoms with Crippen LogP contribution in [0.1, 0.15) is 29.9 Å². The third-order valence-electron chi connectivity index (χ3n) is 8.95. The average Bonchev–Trinajstić information content (AvgIpc) is 3.25. The van der Waals surface area contributed by atoms with Crippen molar-refractivity contribution in [2.24, 2.45) is 0 Å². The van der Waals surface area contributed by atoms with Gasteiger partial charge in [0.1, 0.15) is 5.75 Å². The summed E-state index contributed by atoms with van der Waals surface area (Å²) >= 11 is 0. The van der Waals surface area contributed by atoms with E-state index in [1.165, 1.54) is 12.1 Å². The van der Waals surface area contributed by atoms with Gasteiger partial charge in [-0.2, -0.15) is 18.3 Å². The van der Waals surface area contributed by atoms with E-state index in [9.17, 15) is 18.0 Å². The molecule has 1 amide bonds. The fourth-order valence-electron chi connectivity index (χ4n) is 6.40. The largest absolute Gasteiger partial charge is 0.497 e. The number of likely N-dealkylation sites (N-methyl/N-ethyl adjacent to an activating group) is 1. The number of methoxy groups -OCH3 is 1. The second-order valence-electron chi connectivity index (χ2n) is 11.7. The fourth-order valence-corrected chi connectivity index (χ4v) is 6.40. The zero-order valence-corrected chi connectivity index (χ0v) is 24.4. The lowest BCUT2D eigenvalue weighted by atomic mass is 9.91. The molecule has 1 spiro atoms. The number of aromatic amines is 1. The number of carbonyl (C=O) groups is 2. The number of amides is 1. The zero-order valence-electron chi connectivity index (χ0n) is 24.4. The number of ether oxygens (including phenoxy) is 1. The quantitative estimate of drug-likeness (QED) is 0.279. The minimum Gasteiger partial charge on any atom is -0.497 e. The highest BCUT2D eigenvalue weighted by Crippen LogP contribution is 2.65. The van der Waals surface area contributed by atoms with E-state index in [1.807, 2.05) is 18.2 Å². The molecule has 0 radical (unpaired) electrons. The van der Waals surface area contributed by atoms with Gasteiger partial charge in [0, 0.05) is 47.4 Å². The molecule has 2 aliphatic heterocycles. The van der Waals surface area contributed by atoms with Crippen LogP contribution >= 0.6 is 0 Å². The molecule has 3 aliphatic rings. The van der Waals surface area contributed by atoms with Crippen LogP contribution in [0.15, 0.2) is 60.7 Å². The molecule has 1 aliphatic carbocycles. The summed E-state index contributed by atoms with van der Waals surface area (Å²) in [5, 5.41) is 19.2. The number of carboxylic acids is 1. The van der Waals surface area contributed by atoms with E-state index in [4.69, 9.17) is 14.6 Å². The number of rotatable bonds is 5. The van der Waals surface area contributed by atoms with Gasteiger partial charge in [-0.05, 0) is 74.5 Å². The highest BCUT2D eigenvalue weighted by molar-refractivity contribution is 6.10. The SMILES string of the molecule is COc1ccc2c(c1)[C@]1(C[C@H]1c1ccc3c(-c4ccc(N5CC[C@@H](N(C)C)C5)cc4)n[nH]c3c1)C(=O)N2.O=C(O)C(F)(F)F. The Bertz CT molecular complexity index is 1740. The fraction of sp³-hybridized carbons (Fsp3) is 0.344. The third-order valence-corrected chi connectivity index (χ3v) is 8.95. The second-order valence-corrected chi connectivity index (χ2v) is 11.7. The molecule has 12 heteroatoms. The van der Waals surface area contributed by atoms with Crippen LogP contribution < -0.4 is 15.0 Å². The maximum absolute atomic E-state index is 13.0. The molecular formula is C32H32F3N5O4. The molecule has 1 aromatic heterocycles. The summed E-state index contributed by atoms with van der Waals surface area (Å²) in [7, 11) is 5.98. The Labute approximate surface area is 251 Å². The van der Waals surface area contributed by atoms with Crippen LogP contribution in [0.25, 0.3) is 22.2 Å². The smallest absolute Gasteiger partial charge is 0.490 e. The van der Waals surface area contributed by atoms with Gasteiger partial charge in [0.25, 0.3) is 0 Å². The first-order chi connectivity index (χ1) is 20.9. The highest BCUT2D eigenvalue weighted by Gasteiger charge is 2.65. The minimum absolute atomic E-state index is 0.0844. The van der Waals surface area contributed by atoms with Crippen molar-refractivity contribution in [2.75, 3.05) is 44.5 Å². The summed E-state index contributed by atoms with van der Waals surface area (Å²) in [6, 6.07) is 21.7. The molecule has 2 fully saturated rings. The van der Waals surface area contributed by atoms with Crippen molar-refractivity contribution in [3.8, 4) is 17.0 Å². The Balaban J connectivity index is 0.000000441. The van der Waals surface area contributed by atoms with Gasteiger partial charge in [-0.15, -0.1) is 0 Å². The number of nitrogens with one attached hydrogen (secondary N) is 2. The van der Waals surface area contributed by atoms with Crippen molar-refractivity contribution in [3.05, 3.63) is 71.8 Å². The van der Waals surface area contributed by atoms with E-state index >= 15 is 0 Å². The molecule has 7 rings (SSSR count). The number of carbonyl (C=O) groups excluding carboxylic acids is 1. The van der Waals surface area contributed by atoms with Crippen molar-refractivity contribution >= 4 is 34.2 Å². The first kappa shape index (κ1) is 29.5. The highest BCUT2D eigenvalue weighted by atomic mass is 19.4. The van der Waals surface area contributed by atoms with Crippen molar-refractivity contribution in [1.82, 2.24) is 15.1 Å². The van der Waals surface area contributed by atoms with Crippen LogP contribution in [-0.2, 0) is 15.0 Å². The standard InChI is InChI=1S/C30H31N5O2.C2HF3O2/c1-34(2)21-12-13-35(17-21)20-7-4-18(5-8-20)28-23-10-6-19(14-27(23)32-33-28)25-16-30(25)24-15-22(37-3)9-11-26(24)31-29(30)36;3-2(4,5)1(6)7/h4-11,14-15,21,25H,12-13,16-17H2,1-3H3,(H,31,36)(H,32,33);(H,6,7)/t21-,25+,30+;/m1./s1. The van der Waals surface area contributed by atoms with Crippen LogP contribution in [0.2, 0.25) is 0 Å². The number of halogens is 3. The molecule has 44 heavy (non-hydrogen) atoms. The monoisotopic (exact) mass is 607 g/mol. The molecule has 4 aromatic rings. The van der Waals surface area contributed by atoms with Gasteiger partial charge >= 0.3 is 12.1 Å². The summed E-state index contributed by atoms with van der Waals surface area (Å²) in [6.45, 7) is 2.16. The first-order valence-corrected chi connectivity index (χ1v) is 14.2. The first-order valence-electron chi connectivity index (χ1n) is 14.2. The Morgan fingerprint density at radius 2 is 1.84 bits per heavy atom. The van der Waals surface area contributed by atoms with E-state index in [0.717, 1.165) is 64.2 Å². The molecule has 0 bridgehead atoms. The van der Waals surface area contributed by atoms with Gasteiger partial charge in [-0.3, -0.25) is 9.89 Å². The summed E-state index contributed by atoms with van der Waals surface area (Å²) in [4.78, 5) is 26.7. The second kappa shape index (κ2) is 10.8. The molecule has 3 atom stereocenters. The Kier molecular flexibility index (Phi) is 7.27. The van der Waals surface area contributed by atoms with E-state index in [2.05, 4.69) is 81.9 Å². The van der Waals surface area contributed by atoms with E-state index in [1.54, 1.807) is 7.11 Å². The van der Waals surface area contributed by atoms with Crippen molar-refractivity contribution in [2.45, 2.75) is 36.4 Å². The number of hydrogen-bond acceptors (Lipinski definition) is 6. The summed E-state index contributed by atoms with van der Waals surface area (Å²) in [5.41, 5.74) is 6.92. The minimum atomic E-state index is -5.08. The van der Waals surface area contributed by atoms with Gasteiger partial charge in [0.15, 0.2) is 0 Å². The Morgan fingerprint density at radius 1 is 1.11 bits per heavy atom. The number of H-pyrrole nitrogens is 1. The maximum Gasteiger partial charge on any atom is 0.490 e. The molecule has 3 aromatic carbocycles. The number of aromatic nitrogens is 2. The van der Waals surface area contributed by atoms with E-state index in [0.29, 0.717) is 6.04 Å².